The van der Waals surface area contributed by atoms with Crippen LogP contribution in [0.2, 0.25) is 0 Å². The Morgan fingerprint density at radius 1 is 1.45 bits per heavy atom. The third-order valence-corrected chi connectivity index (χ3v) is 2.30. The Morgan fingerprint density at radius 2 is 2.27 bits per heavy atom. The Morgan fingerprint density at radius 3 is 3.09 bits per heavy atom. The van der Waals surface area contributed by atoms with Gasteiger partial charge in [-0.3, -0.25) is 0 Å². The lowest BCUT2D eigenvalue weighted by Crippen LogP contribution is -1.84. The maximum absolute atomic E-state index is 13.0. The molecule has 0 aromatic heterocycles. The standard InChI is InChI=1S/C10H11F/c1-7-2-4-9-8(6-7)3-5-10(9)11/h2,4,6,10H,3,5H2,1H3. The van der Waals surface area contributed by atoms with Gasteiger partial charge in [0.15, 0.2) is 0 Å². The lowest BCUT2D eigenvalue weighted by Gasteiger charge is -2.01. The van der Waals surface area contributed by atoms with Crippen molar-refractivity contribution >= 4 is 0 Å². The summed E-state index contributed by atoms with van der Waals surface area (Å²) in [6, 6.07) is 5.99. The number of alkyl halides is 1. The number of hydrogen-bond acceptors (Lipinski definition) is 0. The van der Waals surface area contributed by atoms with Crippen LogP contribution in [0.1, 0.15) is 29.3 Å². The molecule has 0 saturated carbocycles. The summed E-state index contributed by atoms with van der Waals surface area (Å²) in [7, 11) is 0. The zero-order valence-corrected chi connectivity index (χ0v) is 6.60. The second-order valence-electron chi connectivity index (χ2n) is 3.21. The highest BCUT2D eigenvalue weighted by atomic mass is 19.1. The van der Waals surface area contributed by atoms with E-state index < -0.39 is 6.17 Å². The van der Waals surface area contributed by atoms with Crippen molar-refractivity contribution in [1.29, 1.82) is 0 Å². The summed E-state index contributed by atoms with van der Waals surface area (Å²) in [5.41, 5.74) is 3.35. The number of benzene rings is 1. The lowest BCUT2D eigenvalue weighted by atomic mass is 10.1. The molecule has 0 fully saturated rings. The van der Waals surface area contributed by atoms with Crippen LogP contribution in [0.25, 0.3) is 0 Å². The van der Waals surface area contributed by atoms with Crippen molar-refractivity contribution in [2.24, 2.45) is 0 Å². The number of fused-ring (bicyclic) bond motifs is 1. The Labute approximate surface area is 66.1 Å². The summed E-state index contributed by atoms with van der Waals surface area (Å²) >= 11 is 0. The summed E-state index contributed by atoms with van der Waals surface area (Å²) in [6.07, 6.45) is 0.891. The molecule has 2 rings (SSSR count). The van der Waals surface area contributed by atoms with Crippen LogP contribution in [-0.4, -0.2) is 0 Å². The van der Waals surface area contributed by atoms with Crippen molar-refractivity contribution in [1.82, 2.24) is 0 Å². The molecule has 1 aliphatic rings. The van der Waals surface area contributed by atoms with E-state index in [2.05, 4.69) is 6.07 Å². The van der Waals surface area contributed by atoms with E-state index in [0.717, 1.165) is 12.0 Å². The van der Waals surface area contributed by atoms with E-state index in [9.17, 15) is 4.39 Å². The predicted octanol–water partition coefficient (Wildman–Crippen LogP) is 2.95. The molecule has 0 saturated heterocycles. The molecular weight excluding hydrogens is 139 g/mol. The first-order chi connectivity index (χ1) is 5.27. The number of aryl methyl sites for hydroxylation is 2. The molecule has 1 aromatic carbocycles. The van der Waals surface area contributed by atoms with Gasteiger partial charge in [-0.05, 0) is 30.9 Å². The molecule has 1 aliphatic carbocycles. The molecule has 0 spiro atoms. The van der Waals surface area contributed by atoms with Crippen LogP contribution in [-0.2, 0) is 6.42 Å². The van der Waals surface area contributed by atoms with Gasteiger partial charge in [-0.1, -0.05) is 23.8 Å². The highest BCUT2D eigenvalue weighted by molar-refractivity contribution is 5.36. The highest BCUT2D eigenvalue weighted by Crippen LogP contribution is 2.34. The first-order valence-electron chi connectivity index (χ1n) is 4.01. The smallest absolute Gasteiger partial charge is 0.126 e. The molecule has 1 atom stereocenters. The topological polar surface area (TPSA) is 0 Å². The number of hydrogen-bond donors (Lipinski definition) is 0. The molecule has 0 N–H and O–H groups in total. The summed E-state index contributed by atoms with van der Waals surface area (Å²) in [4.78, 5) is 0. The molecular formula is C10H11F. The molecule has 58 valence electrons. The fraction of sp³-hybridized carbons (Fsp3) is 0.400. The van der Waals surface area contributed by atoms with Crippen molar-refractivity contribution in [3.05, 3.63) is 34.9 Å². The fourth-order valence-corrected chi connectivity index (χ4v) is 1.69. The quantitative estimate of drug-likeness (QED) is 0.533. The number of rotatable bonds is 0. The van der Waals surface area contributed by atoms with Crippen molar-refractivity contribution in [2.45, 2.75) is 25.9 Å². The summed E-state index contributed by atoms with van der Waals surface area (Å²) < 4.78 is 13.0. The average molecular weight is 150 g/mol. The Bertz CT molecular complexity index is 278. The van der Waals surface area contributed by atoms with Crippen LogP contribution in [0, 0.1) is 6.92 Å². The maximum Gasteiger partial charge on any atom is 0.126 e. The van der Waals surface area contributed by atoms with Gasteiger partial charge in [0, 0.05) is 0 Å². The summed E-state index contributed by atoms with van der Waals surface area (Å²) in [6.45, 7) is 2.05. The van der Waals surface area contributed by atoms with Crippen molar-refractivity contribution in [3.63, 3.8) is 0 Å². The molecule has 11 heavy (non-hydrogen) atoms. The van der Waals surface area contributed by atoms with E-state index in [1.54, 1.807) is 0 Å². The molecule has 0 amide bonds. The van der Waals surface area contributed by atoms with E-state index in [0.29, 0.717) is 6.42 Å². The minimum absolute atomic E-state index is 0.679. The molecule has 1 aromatic rings. The normalized spacial score (nSPS) is 21.8. The van der Waals surface area contributed by atoms with Crippen molar-refractivity contribution < 1.29 is 4.39 Å². The van der Waals surface area contributed by atoms with E-state index in [1.165, 1.54) is 11.1 Å². The van der Waals surface area contributed by atoms with Gasteiger partial charge < -0.3 is 0 Å². The Kier molecular flexibility index (Phi) is 1.45. The molecule has 0 aliphatic heterocycles. The van der Waals surface area contributed by atoms with Gasteiger partial charge in [-0.25, -0.2) is 4.39 Å². The van der Waals surface area contributed by atoms with E-state index >= 15 is 0 Å². The average Bonchev–Trinajstić information content (AvgIpc) is 2.32. The molecule has 0 heterocycles. The Balaban J connectivity index is 2.50. The van der Waals surface area contributed by atoms with E-state index in [1.807, 2.05) is 19.1 Å². The second kappa shape index (κ2) is 2.33. The van der Waals surface area contributed by atoms with Crippen LogP contribution < -0.4 is 0 Å². The summed E-state index contributed by atoms with van der Waals surface area (Å²) in [5.74, 6) is 0. The zero-order valence-electron chi connectivity index (χ0n) is 6.60. The monoisotopic (exact) mass is 150 g/mol. The van der Waals surface area contributed by atoms with Crippen molar-refractivity contribution in [2.75, 3.05) is 0 Å². The molecule has 0 nitrogen and oxygen atoms in total. The van der Waals surface area contributed by atoms with Gasteiger partial charge in [-0.2, -0.15) is 0 Å². The Hall–Kier alpha value is -0.850. The SMILES string of the molecule is Cc1ccc2c(c1)CCC2F. The highest BCUT2D eigenvalue weighted by Gasteiger charge is 2.20. The third kappa shape index (κ3) is 1.05. The largest absolute Gasteiger partial charge is 0.242 e. The van der Waals surface area contributed by atoms with Gasteiger partial charge in [0.2, 0.25) is 0 Å². The van der Waals surface area contributed by atoms with E-state index in [-0.39, 0.29) is 0 Å². The fourth-order valence-electron chi connectivity index (χ4n) is 1.69. The molecule has 1 unspecified atom stereocenters. The van der Waals surface area contributed by atoms with Crippen LogP contribution in [0.4, 0.5) is 4.39 Å². The minimum Gasteiger partial charge on any atom is -0.242 e. The number of halogens is 1. The van der Waals surface area contributed by atoms with Crippen LogP contribution in [0.15, 0.2) is 18.2 Å². The van der Waals surface area contributed by atoms with Gasteiger partial charge in [0.05, 0.1) is 0 Å². The van der Waals surface area contributed by atoms with E-state index in [4.69, 9.17) is 0 Å². The van der Waals surface area contributed by atoms with Crippen LogP contribution >= 0.6 is 0 Å². The predicted molar refractivity (Wildman–Crippen MR) is 43.3 cm³/mol. The summed E-state index contributed by atoms with van der Waals surface area (Å²) in [5, 5.41) is 0. The molecule has 1 heteroatoms. The second-order valence-corrected chi connectivity index (χ2v) is 3.21. The first-order valence-corrected chi connectivity index (χ1v) is 4.01. The van der Waals surface area contributed by atoms with Gasteiger partial charge in [0.1, 0.15) is 6.17 Å². The molecule has 0 radical (unpaired) electrons. The molecule has 0 bridgehead atoms. The van der Waals surface area contributed by atoms with Crippen molar-refractivity contribution in [3.8, 4) is 0 Å². The van der Waals surface area contributed by atoms with Crippen LogP contribution in [0.5, 0.6) is 0 Å². The first kappa shape index (κ1) is 6.84. The van der Waals surface area contributed by atoms with Gasteiger partial charge in [0.25, 0.3) is 0 Å². The zero-order chi connectivity index (χ0) is 7.84. The van der Waals surface area contributed by atoms with Crippen LogP contribution in [0.3, 0.4) is 0 Å². The lowest BCUT2D eigenvalue weighted by molar-refractivity contribution is 0.344. The van der Waals surface area contributed by atoms with Gasteiger partial charge in [-0.15, -0.1) is 0 Å². The maximum atomic E-state index is 13.0. The van der Waals surface area contributed by atoms with Gasteiger partial charge >= 0.3 is 0 Å². The minimum atomic E-state index is -0.703. The third-order valence-electron chi connectivity index (χ3n) is 2.30.